The molecule has 86 valence electrons. The Labute approximate surface area is 94.8 Å². The Morgan fingerprint density at radius 3 is 2.88 bits per heavy atom. The van der Waals surface area contributed by atoms with E-state index in [0.717, 1.165) is 36.9 Å². The van der Waals surface area contributed by atoms with Gasteiger partial charge in [0.2, 0.25) is 0 Å². The lowest BCUT2D eigenvalue weighted by molar-refractivity contribution is -0.385. The van der Waals surface area contributed by atoms with Crippen LogP contribution in [0.1, 0.15) is 36.4 Å². The first-order valence-corrected chi connectivity index (χ1v) is 5.67. The number of nitrogens with one attached hydrogen (secondary N) is 1. The van der Waals surface area contributed by atoms with Crippen LogP contribution in [0.3, 0.4) is 0 Å². The van der Waals surface area contributed by atoms with Gasteiger partial charge in [-0.2, -0.15) is 0 Å². The van der Waals surface area contributed by atoms with Crippen LogP contribution < -0.4 is 5.32 Å². The zero-order valence-electron chi connectivity index (χ0n) is 9.40. The first-order chi connectivity index (χ1) is 7.68. The molecule has 16 heavy (non-hydrogen) atoms. The molecule has 4 heteroatoms. The highest BCUT2D eigenvalue weighted by molar-refractivity contribution is 5.44. The van der Waals surface area contributed by atoms with Crippen molar-refractivity contribution in [2.45, 2.75) is 32.2 Å². The van der Waals surface area contributed by atoms with Gasteiger partial charge < -0.3 is 5.32 Å². The van der Waals surface area contributed by atoms with E-state index in [1.165, 1.54) is 0 Å². The van der Waals surface area contributed by atoms with Crippen molar-refractivity contribution >= 4 is 5.69 Å². The van der Waals surface area contributed by atoms with Gasteiger partial charge in [-0.1, -0.05) is 18.1 Å². The summed E-state index contributed by atoms with van der Waals surface area (Å²) in [7, 11) is 0. The standard InChI is InChI=1S/C12H16N2O2/c1-9-5-6-12(14(15)16)10(8-9)11-4-2-3-7-13-11/h5-6,8,11,13H,2-4,7H2,1H3. The average molecular weight is 220 g/mol. The maximum absolute atomic E-state index is 11.0. The molecule has 1 atom stereocenters. The van der Waals surface area contributed by atoms with Gasteiger partial charge in [-0.3, -0.25) is 10.1 Å². The predicted molar refractivity (Wildman–Crippen MR) is 62.4 cm³/mol. The lowest BCUT2D eigenvalue weighted by Crippen LogP contribution is -2.27. The Kier molecular flexibility index (Phi) is 3.19. The number of nitro groups is 1. The van der Waals surface area contributed by atoms with Crippen LogP contribution in [0.2, 0.25) is 0 Å². The molecule has 0 bridgehead atoms. The molecule has 1 aromatic carbocycles. The Balaban J connectivity index is 2.36. The summed E-state index contributed by atoms with van der Waals surface area (Å²) in [6, 6.07) is 5.49. The quantitative estimate of drug-likeness (QED) is 0.616. The van der Waals surface area contributed by atoms with Crippen molar-refractivity contribution in [3.05, 3.63) is 39.4 Å². The van der Waals surface area contributed by atoms with Gasteiger partial charge in [0, 0.05) is 17.7 Å². The van der Waals surface area contributed by atoms with Crippen molar-refractivity contribution in [2.75, 3.05) is 6.54 Å². The van der Waals surface area contributed by atoms with E-state index in [4.69, 9.17) is 0 Å². The number of hydrogen-bond acceptors (Lipinski definition) is 3. The molecule has 4 nitrogen and oxygen atoms in total. The minimum atomic E-state index is -0.287. The fraction of sp³-hybridized carbons (Fsp3) is 0.500. The molecule has 1 saturated heterocycles. The van der Waals surface area contributed by atoms with Gasteiger partial charge in [-0.25, -0.2) is 0 Å². The Hall–Kier alpha value is -1.42. The van der Waals surface area contributed by atoms with Gasteiger partial charge in [0.15, 0.2) is 0 Å². The molecule has 2 rings (SSSR count). The van der Waals surface area contributed by atoms with E-state index in [-0.39, 0.29) is 16.7 Å². The molecule has 1 aliphatic heterocycles. The predicted octanol–water partition coefficient (Wildman–Crippen LogP) is 2.72. The molecule has 0 spiro atoms. The molecule has 1 heterocycles. The molecular formula is C12H16N2O2. The fourth-order valence-electron chi connectivity index (χ4n) is 2.24. The van der Waals surface area contributed by atoms with Crippen molar-refractivity contribution in [3.63, 3.8) is 0 Å². The number of nitro benzene ring substituents is 1. The molecule has 1 aromatic rings. The van der Waals surface area contributed by atoms with Crippen molar-refractivity contribution < 1.29 is 4.92 Å². The fourth-order valence-corrected chi connectivity index (χ4v) is 2.24. The highest BCUT2D eigenvalue weighted by atomic mass is 16.6. The SMILES string of the molecule is Cc1ccc([N+](=O)[O-])c(C2CCCCN2)c1. The lowest BCUT2D eigenvalue weighted by atomic mass is 9.95. The van der Waals surface area contributed by atoms with E-state index in [1.807, 2.05) is 13.0 Å². The third-order valence-electron chi connectivity index (χ3n) is 3.07. The molecule has 1 unspecified atom stereocenters. The van der Waals surface area contributed by atoms with Crippen molar-refractivity contribution in [2.24, 2.45) is 0 Å². The molecule has 1 N–H and O–H groups in total. The first kappa shape index (κ1) is 11.1. The number of piperidine rings is 1. The second-order valence-corrected chi connectivity index (χ2v) is 4.32. The third-order valence-corrected chi connectivity index (χ3v) is 3.07. The van der Waals surface area contributed by atoms with E-state index in [0.29, 0.717) is 0 Å². The van der Waals surface area contributed by atoms with E-state index in [1.54, 1.807) is 12.1 Å². The molecule has 0 saturated carbocycles. The molecule has 0 amide bonds. The summed E-state index contributed by atoms with van der Waals surface area (Å²) < 4.78 is 0. The van der Waals surface area contributed by atoms with Crippen LogP contribution in [-0.2, 0) is 0 Å². The van der Waals surface area contributed by atoms with Gasteiger partial charge in [0.05, 0.1) is 4.92 Å². The zero-order chi connectivity index (χ0) is 11.5. The Bertz CT molecular complexity index is 398. The highest BCUT2D eigenvalue weighted by Gasteiger charge is 2.23. The maximum atomic E-state index is 11.0. The number of nitrogens with zero attached hydrogens (tertiary/aromatic N) is 1. The second kappa shape index (κ2) is 4.61. The monoisotopic (exact) mass is 220 g/mol. The maximum Gasteiger partial charge on any atom is 0.274 e. The number of hydrogen-bond donors (Lipinski definition) is 1. The second-order valence-electron chi connectivity index (χ2n) is 4.32. The molecule has 1 fully saturated rings. The Morgan fingerprint density at radius 2 is 2.25 bits per heavy atom. The van der Waals surface area contributed by atoms with E-state index < -0.39 is 0 Å². The molecule has 1 aliphatic rings. The van der Waals surface area contributed by atoms with Crippen LogP contribution >= 0.6 is 0 Å². The van der Waals surface area contributed by atoms with Gasteiger partial charge >= 0.3 is 0 Å². The van der Waals surface area contributed by atoms with Crippen LogP contribution in [0.4, 0.5) is 5.69 Å². The lowest BCUT2D eigenvalue weighted by Gasteiger charge is -2.23. The van der Waals surface area contributed by atoms with E-state index in [9.17, 15) is 10.1 Å². The molecular weight excluding hydrogens is 204 g/mol. The van der Waals surface area contributed by atoms with Gasteiger partial charge in [-0.05, 0) is 32.4 Å². The summed E-state index contributed by atoms with van der Waals surface area (Å²) in [6.45, 7) is 2.92. The number of benzene rings is 1. The van der Waals surface area contributed by atoms with Crippen LogP contribution in [0.5, 0.6) is 0 Å². The van der Waals surface area contributed by atoms with Crippen LogP contribution in [0.15, 0.2) is 18.2 Å². The minimum absolute atomic E-state index is 0.147. The minimum Gasteiger partial charge on any atom is -0.310 e. The van der Waals surface area contributed by atoms with Crippen LogP contribution in [-0.4, -0.2) is 11.5 Å². The summed E-state index contributed by atoms with van der Waals surface area (Å²) in [5.41, 5.74) is 2.16. The Morgan fingerprint density at radius 1 is 1.44 bits per heavy atom. The van der Waals surface area contributed by atoms with Gasteiger partial charge in [0.1, 0.15) is 0 Å². The largest absolute Gasteiger partial charge is 0.310 e. The first-order valence-electron chi connectivity index (χ1n) is 5.67. The van der Waals surface area contributed by atoms with Crippen molar-refractivity contribution in [1.82, 2.24) is 5.32 Å². The normalized spacial score (nSPS) is 20.7. The van der Waals surface area contributed by atoms with Crippen LogP contribution in [0, 0.1) is 17.0 Å². The van der Waals surface area contributed by atoms with Crippen molar-refractivity contribution in [3.8, 4) is 0 Å². The summed E-state index contributed by atoms with van der Waals surface area (Å²) >= 11 is 0. The third kappa shape index (κ3) is 2.22. The van der Waals surface area contributed by atoms with Gasteiger partial charge in [0.25, 0.3) is 5.69 Å². The van der Waals surface area contributed by atoms with E-state index in [2.05, 4.69) is 5.32 Å². The highest BCUT2D eigenvalue weighted by Crippen LogP contribution is 2.30. The topological polar surface area (TPSA) is 55.2 Å². The summed E-state index contributed by atoms with van der Waals surface area (Å²) in [4.78, 5) is 10.7. The van der Waals surface area contributed by atoms with E-state index >= 15 is 0 Å². The van der Waals surface area contributed by atoms with Gasteiger partial charge in [-0.15, -0.1) is 0 Å². The molecule has 0 radical (unpaired) electrons. The summed E-state index contributed by atoms with van der Waals surface area (Å²) in [6.07, 6.45) is 3.29. The molecule has 0 aliphatic carbocycles. The smallest absolute Gasteiger partial charge is 0.274 e. The number of rotatable bonds is 2. The zero-order valence-corrected chi connectivity index (χ0v) is 9.40. The van der Waals surface area contributed by atoms with Crippen LogP contribution in [0.25, 0.3) is 0 Å². The average Bonchev–Trinajstić information content (AvgIpc) is 2.29. The van der Waals surface area contributed by atoms with Crippen molar-refractivity contribution in [1.29, 1.82) is 0 Å². The molecule has 0 aromatic heterocycles. The summed E-state index contributed by atoms with van der Waals surface area (Å²) in [5, 5.41) is 14.3. The number of aryl methyl sites for hydroxylation is 1. The summed E-state index contributed by atoms with van der Waals surface area (Å²) in [5.74, 6) is 0.